The number of ether oxygens (including phenoxy) is 2. The van der Waals surface area contributed by atoms with Crippen LogP contribution >= 0.6 is 15.9 Å². The largest absolute Gasteiger partial charge is 0.348 e. The zero-order valence-electron chi connectivity index (χ0n) is 13.1. The first-order valence-electron chi connectivity index (χ1n) is 8.30. The number of carbonyl (C=O) groups excluding carboxylic acids is 1. The van der Waals surface area contributed by atoms with E-state index in [1.807, 2.05) is 12.1 Å². The van der Waals surface area contributed by atoms with Crippen LogP contribution in [0.2, 0.25) is 0 Å². The molecule has 0 unspecified atom stereocenters. The van der Waals surface area contributed by atoms with Crippen LogP contribution in [0.5, 0.6) is 0 Å². The highest BCUT2D eigenvalue weighted by molar-refractivity contribution is 9.10. The number of pyridine rings is 1. The molecule has 124 valence electrons. The van der Waals surface area contributed by atoms with Crippen LogP contribution in [-0.4, -0.2) is 29.9 Å². The average molecular weight is 389 g/mol. The lowest BCUT2D eigenvalue weighted by molar-refractivity contribution is -0.185. The minimum absolute atomic E-state index is 0.0830. The second kappa shape index (κ2) is 5.00. The van der Waals surface area contributed by atoms with Crippen LogP contribution in [0.1, 0.15) is 31.2 Å². The second-order valence-electron chi connectivity index (χ2n) is 6.85. The molecule has 1 aliphatic carbocycles. The molecule has 24 heavy (non-hydrogen) atoms. The molecule has 6 heteroatoms. The number of anilines is 1. The van der Waals surface area contributed by atoms with Gasteiger partial charge in [0.25, 0.3) is 0 Å². The van der Waals surface area contributed by atoms with E-state index in [1.54, 1.807) is 6.20 Å². The summed E-state index contributed by atoms with van der Waals surface area (Å²) in [6.45, 7) is 1.30. The number of rotatable bonds is 0. The Labute approximate surface area is 147 Å². The summed E-state index contributed by atoms with van der Waals surface area (Å²) in [6, 6.07) is 6.04. The van der Waals surface area contributed by atoms with Crippen molar-refractivity contribution in [2.75, 3.05) is 18.5 Å². The highest BCUT2D eigenvalue weighted by Gasteiger charge is 2.54. The number of benzene rings is 1. The summed E-state index contributed by atoms with van der Waals surface area (Å²) in [5.74, 6) is -0.392. The minimum atomic E-state index is -0.502. The van der Waals surface area contributed by atoms with Gasteiger partial charge in [-0.05, 0) is 31.0 Å². The van der Waals surface area contributed by atoms with Crippen LogP contribution in [0.4, 0.5) is 5.69 Å². The minimum Gasteiger partial charge on any atom is -0.348 e. The number of halogens is 1. The highest BCUT2D eigenvalue weighted by atomic mass is 79.9. The van der Waals surface area contributed by atoms with Crippen molar-refractivity contribution < 1.29 is 14.3 Å². The summed E-state index contributed by atoms with van der Waals surface area (Å²) in [6.07, 6.45) is 4.75. The molecule has 3 heterocycles. The van der Waals surface area contributed by atoms with Gasteiger partial charge in [0.15, 0.2) is 5.79 Å². The first kappa shape index (κ1) is 14.8. The fourth-order valence-electron chi connectivity index (χ4n) is 4.45. The topological polar surface area (TPSA) is 60.5 Å². The summed E-state index contributed by atoms with van der Waals surface area (Å²) in [7, 11) is 0. The van der Waals surface area contributed by atoms with Gasteiger partial charge >= 0.3 is 0 Å². The normalized spacial score (nSPS) is 23.8. The molecule has 1 N–H and O–H groups in total. The van der Waals surface area contributed by atoms with Gasteiger partial charge in [0.1, 0.15) is 0 Å². The van der Waals surface area contributed by atoms with Crippen molar-refractivity contribution in [2.45, 2.75) is 36.9 Å². The average Bonchev–Trinajstić information content (AvgIpc) is 3.14. The Kier molecular flexibility index (Phi) is 3.09. The molecule has 1 amide bonds. The molecule has 0 bridgehead atoms. The van der Waals surface area contributed by atoms with Crippen molar-refractivity contribution in [1.29, 1.82) is 0 Å². The van der Waals surface area contributed by atoms with Gasteiger partial charge in [0.2, 0.25) is 5.91 Å². The molecule has 5 rings (SSSR count). The molecule has 0 atom stereocenters. The van der Waals surface area contributed by atoms with Gasteiger partial charge in [-0.3, -0.25) is 9.78 Å². The molecular formula is C18H17BrN2O3. The fourth-order valence-corrected chi connectivity index (χ4v) is 4.81. The molecule has 2 aromatic rings. The van der Waals surface area contributed by atoms with Crippen molar-refractivity contribution in [2.24, 2.45) is 0 Å². The quantitative estimate of drug-likeness (QED) is 0.749. The third kappa shape index (κ3) is 1.93. The van der Waals surface area contributed by atoms with Crippen molar-refractivity contribution in [3.63, 3.8) is 0 Å². The zero-order chi connectivity index (χ0) is 16.4. The van der Waals surface area contributed by atoms with Crippen LogP contribution in [0, 0.1) is 0 Å². The van der Waals surface area contributed by atoms with Crippen molar-refractivity contribution in [1.82, 2.24) is 4.98 Å². The SMILES string of the molecule is O=C1Nc2cnc3ccc(Br)cc3c2C12CCC1(CC2)OCCO1. The fraction of sp³-hybridized carbons (Fsp3) is 0.444. The Balaban J connectivity index is 1.64. The van der Waals surface area contributed by atoms with Crippen LogP contribution in [-0.2, 0) is 19.7 Å². The van der Waals surface area contributed by atoms with Gasteiger partial charge in [0, 0.05) is 28.3 Å². The van der Waals surface area contributed by atoms with Crippen molar-refractivity contribution in [3.8, 4) is 0 Å². The Morgan fingerprint density at radius 3 is 2.62 bits per heavy atom. The molecule has 2 spiro atoms. The molecule has 0 radical (unpaired) electrons. The van der Waals surface area contributed by atoms with E-state index in [-0.39, 0.29) is 5.91 Å². The van der Waals surface area contributed by atoms with Crippen LogP contribution < -0.4 is 5.32 Å². The number of amides is 1. The van der Waals surface area contributed by atoms with E-state index < -0.39 is 11.2 Å². The summed E-state index contributed by atoms with van der Waals surface area (Å²) in [5.41, 5.74) is 2.35. The number of carbonyl (C=O) groups is 1. The second-order valence-corrected chi connectivity index (χ2v) is 7.77. The van der Waals surface area contributed by atoms with Gasteiger partial charge in [-0.25, -0.2) is 0 Å². The molecule has 5 nitrogen and oxygen atoms in total. The molecule has 1 saturated heterocycles. The predicted octanol–water partition coefficient (Wildman–Crippen LogP) is 3.50. The summed E-state index contributed by atoms with van der Waals surface area (Å²) >= 11 is 3.54. The molecule has 1 aromatic carbocycles. The Hall–Kier alpha value is -1.50. The predicted molar refractivity (Wildman–Crippen MR) is 92.9 cm³/mol. The van der Waals surface area contributed by atoms with E-state index >= 15 is 0 Å². The number of hydrogen-bond donors (Lipinski definition) is 1. The van der Waals surface area contributed by atoms with Gasteiger partial charge in [-0.15, -0.1) is 0 Å². The molecule has 3 aliphatic rings. The number of fused-ring (bicyclic) bond motifs is 4. The van der Waals surface area contributed by atoms with E-state index in [0.29, 0.717) is 13.2 Å². The van der Waals surface area contributed by atoms with Crippen LogP contribution in [0.25, 0.3) is 10.9 Å². The lowest BCUT2D eigenvalue weighted by atomic mass is 9.67. The molecular weight excluding hydrogens is 372 g/mol. The number of nitrogens with zero attached hydrogens (tertiary/aromatic N) is 1. The smallest absolute Gasteiger partial charge is 0.235 e. The van der Waals surface area contributed by atoms with Gasteiger partial charge < -0.3 is 14.8 Å². The summed E-state index contributed by atoms with van der Waals surface area (Å²) in [5, 5.41) is 4.10. The molecule has 1 saturated carbocycles. The van der Waals surface area contributed by atoms with E-state index in [1.165, 1.54) is 0 Å². The summed E-state index contributed by atoms with van der Waals surface area (Å²) < 4.78 is 12.7. The van der Waals surface area contributed by atoms with Crippen molar-refractivity contribution >= 4 is 38.4 Å². The van der Waals surface area contributed by atoms with E-state index in [2.05, 4.69) is 32.3 Å². The molecule has 2 aliphatic heterocycles. The Bertz CT molecular complexity index is 851. The van der Waals surface area contributed by atoms with Crippen LogP contribution in [0.15, 0.2) is 28.9 Å². The maximum atomic E-state index is 12.9. The van der Waals surface area contributed by atoms with Gasteiger partial charge in [-0.1, -0.05) is 15.9 Å². The maximum Gasteiger partial charge on any atom is 0.235 e. The van der Waals surface area contributed by atoms with Crippen LogP contribution in [0.3, 0.4) is 0 Å². The third-order valence-electron chi connectivity index (χ3n) is 5.67. The molecule has 1 aromatic heterocycles. The van der Waals surface area contributed by atoms with Gasteiger partial charge in [0.05, 0.1) is 36.0 Å². The maximum absolute atomic E-state index is 12.9. The lowest BCUT2D eigenvalue weighted by Gasteiger charge is -2.40. The van der Waals surface area contributed by atoms with Gasteiger partial charge in [-0.2, -0.15) is 0 Å². The summed E-state index contributed by atoms with van der Waals surface area (Å²) in [4.78, 5) is 17.4. The number of hydrogen-bond acceptors (Lipinski definition) is 4. The molecule has 2 fully saturated rings. The van der Waals surface area contributed by atoms with E-state index in [9.17, 15) is 4.79 Å². The first-order valence-corrected chi connectivity index (χ1v) is 9.09. The number of nitrogens with one attached hydrogen (secondary N) is 1. The Morgan fingerprint density at radius 2 is 1.88 bits per heavy atom. The standard InChI is InChI=1S/C18H17BrN2O3/c19-11-1-2-13-12(9-11)15-14(10-20-13)21-16(22)17(15)3-5-18(6-4-17)23-7-8-24-18/h1-2,9-10H,3-8H2,(H,21,22). The highest BCUT2D eigenvalue weighted by Crippen LogP contribution is 2.53. The van der Waals surface area contributed by atoms with E-state index in [4.69, 9.17) is 9.47 Å². The number of aromatic nitrogens is 1. The van der Waals surface area contributed by atoms with E-state index in [0.717, 1.165) is 52.3 Å². The monoisotopic (exact) mass is 388 g/mol. The Morgan fingerprint density at radius 1 is 1.12 bits per heavy atom. The zero-order valence-corrected chi connectivity index (χ0v) is 14.7. The van der Waals surface area contributed by atoms with Crippen molar-refractivity contribution in [3.05, 3.63) is 34.4 Å². The lowest BCUT2D eigenvalue weighted by Crippen LogP contribution is -2.45. The first-order chi connectivity index (χ1) is 11.6. The third-order valence-corrected chi connectivity index (χ3v) is 6.16.